The molecule has 1 aromatic carbocycles. The first-order valence-electron chi connectivity index (χ1n) is 12.1. The van der Waals surface area contributed by atoms with Gasteiger partial charge in [-0.25, -0.2) is 4.39 Å². The molecule has 184 valence electrons. The van der Waals surface area contributed by atoms with E-state index in [2.05, 4.69) is 6.07 Å². The smallest absolute Gasteiger partial charge is 0.242 e. The van der Waals surface area contributed by atoms with E-state index in [0.717, 1.165) is 37.7 Å². The van der Waals surface area contributed by atoms with Crippen LogP contribution in [0.15, 0.2) is 35.7 Å². The third-order valence-electron chi connectivity index (χ3n) is 6.76. The normalized spacial score (nSPS) is 18.1. The fraction of sp³-hybridized carbons (Fsp3) is 0.538. The molecule has 1 aliphatic heterocycles. The highest BCUT2D eigenvalue weighted by molar-refractivity contribution is 7.10. The average molecular weight is 489 g/mol. The second kappa shape index (κ2) is 11.8. The van der Waals surface area contributed by atoms with Gasteiger partial charge in [0.25, 0.3) is 0 Å². The number of methoxy groups -OCH3 is 1. The number of ether oxygens (including phenoxy) is 2. The second-order valence-corrected chi connectivity index (χ2v) is 10.0. The van der Waals surface area contributed by atoms with Gasteiger partial charge in [0.05, 0.1) is 12.6 Å². The standard InChI is InChI=1S/C26H33FN2O4S/c1-32-15-4-13-28(26(31)19-5-2-3-6-19)17-25(30)29-14-11-24-22(12-16-34-24)23(29)18-33-21-9-7-20(27)8-10-21/h7-10,12,16,19,23H,2-6,11,13-15,17-18H2,1H3. The van der Waals surface area contributed by atoms with Crippen molar-refractivity contribution in [2.75, 3.05) is 40.0 Å². The topological polar surface area (TPSA) is 59.1 Å². The summed E-state index contributed by atoms with van der Waals surface area (Å²) in [6.07, 6.45) is 5.46. The van der Waals surface area contributed by atoms with Crippen molar-refractivity contribution in [2.45, 2.75) is 44.6 Å². The van der Waals surface area contributed by atoms with E-state index in [9.17, 15) is 14.0 Å². The van der Waals surface area contributed by atoms with Crippen LogP contribution in [-0.4, -0.2) is 61.6 Å². The van der Waals surface area contributed by atoms with Crippen LogP contribution in [-0.2, 0) is 20.7 Å². The summed E-state index contributed by atoms with van der Waals surface area (Å²) in [5.74, 6) is 0.302. The van der Waals surface area contributed by atoms with Gasteiger partial charge >= 0.3 is 0 Å². The number of benzene rings is 1. The fourth-order valence-electron chi connectivity index (χ4n) is 4.93. The van der Waals surface area contributed by atoms with E-state index in [4.69, 9.17) is 9.47 Å². The van der Waals surface area contributed by atoms with Crippen molar-refractivity contribution in [1.29, 1.82) is 0 Å². The van der Waals surface area contributed by atoms with Gasteiger partial charge in [-0.2, -0.15) is 0 Å². The molecule has 1 aromatic heterocycles. The van der Waals surface area contributed by atoms with Crippen LogP contribution in [0.2, 0.25) is 0 Å². The molecule has 4 rings (SSSR count). The van der Waals surface area contributed by atoms with E-state index in [1.807, 2.05) is 10.3 Å². The fourth-order valence-corrected chi connectivity index (χ4v) is 5.86. The SMILES string of the molecule is COCCCN(CC(=O)N1CCc2sccc2C1COc1ccc(F)cc1)C(=O)C1CCCC1. The number of fused-ring (bicyclic) bond motifs is 1. The molecule has 1 aliphatic carbocycles. The third kappa shape index (κ3) is 5.96. The van der Waals surface area contributed by atoms with Gasteiger partial charge in [-0.05, 0) is 67.0 Å². The van der Waals surface area contributed by atoms with E-state index in [1.54, 1.807) is 35.5 Å². The molecule has 1 saturated carbocycles. The van der Waals surface area contributed by atoms with Crippen LogP contribution >= 0.6 is 11.3 Å². The Kier molecular flexibility index (Phi) is 8.56. The van der Waals surface area contributed by atoms with Crippen molar-refractivity contribution < 1.29 is 23.5 Å². The highest BCUT2D eigenvalue weighted by atomic mass is 32.1. The Morgan fingerprint density at radius 1 is 1.18 bits per heavy atom. The van der Waals surface area contributed by atoms with Gasteiger partial charge in [0, 0.05) is 37.6 Å². The highest BCUT2D eigenvalue weighted by Crippen LogP contribution is 2.34. The first kappa shape index (κ1) is 24.7. The molecule has 0 bridgehead atoms. The van der Waals surface area contributed by atoms with Crippen LogP contribution in [0.3, 0.4) is 0 Å². The molecule has 1 atom stereocenters. The molecule has 34 heavy (non-hydrogen) atoms. The zero-order chi connectivity index (χ0) is 23.9. The summed E-state index contributed by atoms with van der Waals surface area (Å²) in [5, 5.41) is 2.05. The van der Waals surface area contributed by atoms with E-state index in [0.29, 0.717) is 31.9 Å². The molecule has 2 aliphatic rings. The lowest BCUT2D eigenvalue weighted by molar-refractivity contribution is -0.144. The van der Waals surface area contributed by atoms with Gasteiger partial charge in [-0.15, -0.1) is 11.3 Å². The second-order valence-electron chi connectivity index (χ2n) is 9.00. The van der Waals surface area contributed by atoms with Crippen LogP contribution in [0.1, 0.15) is 48.6 Å². The van der Waals surface area contributed by atoms with Gasteiger partial charge in [0.15, 0.2) is 0 Å². The number of thiophene rings is 1. The number of rotatable bonds is 10. The Labute approximate surface area is 204 Å². The largest absolute Gasteiger partial charge is 0.491 e. The number of amides is 2. The molecule has 0 spiro atoms. The van der Waals surface area contributed by atoms with Crippen LogP contribution in [0.4, 0.5) is 4.39 Å². The van der Waals surface area contributed by atoms with Crippen molar-refractivity contribution in [1.82, 2.24) is 9.80 Å². The predicted octanol–water partition coefficient (Wildman–Crippen LogP) is 4.45. The van der Waals surface area contributed by atoms with Crippen molar-refractivity contribution in [2.24, 2.45) is 5.92 Å². The number of hydrogen-bond donors (Lipinski definition) is 0. The molecule has 0 saturated heterocycles. The molecular formula is C26H33FN2O4S. The summed E-state index contributed by atoms with van der Waals surface area (Å²) in [7, 11) is 1.65. The summed E-state index contributed by atoms with van der Waals surface area (Å²) in [6.45, 7) is 2.02. The zero-order valence-electron chi connectivity index (χ0n) is 19.7. The van der Waals surface area contributed by atoms with Gasteiger partial charge in [0.1, 0.15) is 18.2 Å². The summed E-state index contributed by atoms with van der Waals surface area (Å²) in [4.78, 5) is 31.6. The van der Waals surface area contributed by atoms with Crippen LogP contribution < -0.4 is 4.74 Å². The number of halogens is 1. The van der Waals surface area contributed by atoms with Crippen LogP contribution in [0, 0.1) is 11.7 Å². The van der Waals surface area contributed by atoms with E-state index in [-0.39, 0.29) is 42.7 Å². The lowest BCUT2D eigenvalue weighted by Gasteiger charge is -2.37. The minimum absolute atomic E-state index is 0.0257. The third-order valence-corrected chi connectivity index (χ3v) is 7.75. The van der Waals surface area contributed by atoms with E-state index >= 15 is 0 Å². The summed E-state index contributed by atoms with van der Waals surface area (Å²) in [6, 6.07) is 7.73. The molecule has 6 nitrogen and oxygen atoms in total. The monoisotopic (exact) mass is 488 g/mol. The predicted molar refractivity (Wildman–Crippen MR) is 129 cm³/mol. The average Bonchev–Trinajstić information content (AvgIpc) is 3.55. The van der Waals surface area contributed by atoms with Gasteiger partial charge in [-0.3, -0.25) is 9.59 Å². The summed E-state index contributed by atoms with van der Waals surface area (Å²) < 4.78 is 24.4. The first-order valence-corrected chi connectivity index (χ1v) is 13.0. The van der Waals surface area contributed by atoms with Gasteiger partial charge in [-0.1, -0.05) is 12.8 Å². The molecular weight excluding hydrogens is 455 g/mol. The molecule has 1 fully saturated rings. The number of hydrogen-bond acceptors (Lipinski definition) is 5. The maximum Gasteiger partial charge on any atom is 0.242 e. The Morgan fingerprint density at radius 3 is 2.68 bits per heavy atom. The Hall–Kier alpha value is -2.45. The number of carbonyl (C=O) groups excluding carboxylic acids is 2. The molecule has 0 radical (unpaired) electrons. The number of nitrogens with zero attached hydrogens (tertiary/aromatic N) is 2. The number of carbonyl (C=O) groups is 2. The van der Waals surface area contributed by atoms with E-state index < -0.39 is 0 Å². The molecule has 2 heterocycles. The minimum Gasteiger partial charge on any atom is -0.491 e. The highest BCUT2D eigenvalue weighted by Gasteiger charge is 2.35. The minimum atomic E-state index is -0.317. The molecule has 0 N–H and O–H groups in total. The van der Waals surface area contributed by atoms with Crippen LogP contribution in [0.5, 0.6) is 5.75 Å². The maximum absolute atomic E-state index is 13.6. The molecule has 8 heteroatoms. The summed E-state index contributed by atoms with van der Waals surface area (Å²) in [5.41, 5.74) is 1.10. The van der Waals surface area contributed by atoms with E-state index in [1.165, 1.54) is 17.0 Å². The van der Waals surface area contributed by atoms with Crippen molar-refractivity contribution in [3.05, 3.63) is 52.0 Å². The van der Waals surface area contributed by atoms with Gasteiger partial charge in [0.2, 0.25) is 11.8 Å². The Balaban J connectivity index is 1.47. The van der Waals surface area contributed by atoms with Crippen LogP contribution in [0.25, 0.3) is 0 Å². The molecule has 2 amide bonds. The first-order chi connectivity index (χ1) is 16.6. The lowest BCUT2D eigenvalue weighted by atomic mass is 10.00. The van der Waals surface area contributed by atoms with Crippen molar-refractivity contribution in [3.8, 4) is 5.75 Å². The lowest BCUT2D eigenvalue weighted by Crippen LogP contribution is -2.49. The molecule has 2 aromatic rings. The van der Waals surface area contributed by atoms with Gasteiger partial charge < -0.3 is 19.3 Å². The van der Waals surface area contributed by atoms with Crippen molar-refractivity contribution >= 4 is 23.2 Å². The zero-order valence-corrected chi connectivity index (χ0v) is 20.5. The Morgan fingerprint density at radius 2 is 1.94 bits per heavy atom. The summed E-state index contributed by atoms with van der Waals surface area (Å²) >= 11 is 1.69. The quantitative estimate of drug-likeness (QED) is 0.464. The maximum atomic E-state index is 13.6. The van der Waals surface area contributed by atoms with Crippen molar-refractivity contribution in [3.63, 3.8) is 0 Å². The molecule has 1 unspecified atom stereocenters. The Bertz CT molecular complexity index is 958.